The van der Waals surface area contributed by atoms with Crippen molar-refractivity contribution in [3.8, 4) is 22.9 Å². The molecule has 0 saturated carbocycles. The minimum Gasteiger partial charge on any atom is -0.416 e. The van der Waals surface area contributed by atoms with Crippen LogP contribution in [0.4, 0.5) is 0 Å². The number of aryl methyl sites for hydroxylation is 1. The highest BCUT2D eigenvalue weighted by molar-refractivity contribution is 5.57. The summed E-state index contributed by atoms with van der Waals surface area (Å²) in [7, 11) is 0. The summed E-state index contributed by atoms with van der Waals surface area (Å²) >= 11 is 0. The van der Waals surface area contributed by atoms with Gasteiger partial charge >= 0.3 is 0 Å². The summed E-state index contributed by atoms with van der Waals surface area (Å²) in [5.74, 6) is 1.09. The van der Waals surface area contributed by atoms with Crippen LogP contribution in [-0.4, -0.2) is 10.2 Å². The molecule has 0 unspecified atom stereocenters. The predicted molar refractivity (Wildman–Crippen MR) is 96.3 cm³/mol. The van der Waals surface area contributed by atoms with E-state index in [2.05, 4.69) is 29.3 Å². The van der Waals surface area contributed by atoms with Crippen LogP contribution in [0.15, 0.2) is 95.4 Å². The Hall–Kier alpha value is -3.20. The first-order chi connectivity index (χ1) is 11.8. The Bertz CT molecular complexity index is 802. The van der Waals surface area contributed by atoms with Gasteiger partial charge < -0.3 is 4.42 Å². The van der Waals surface area contributed by atoms with Gasteiger partial charge in [-0.1, -0.05) is 72.3 Å². The molecule has 4 rings (SSSR count). The predicted octanol–water partition coefficient (Wildman–Crippen LogP) is 5.40. The van der Waals surface area contributed by atoms with Crippen LogP contribution in [0, 0.1) is 6.92 Å². The first-order valence-electron chi connectivity index (χ1n) is 7.79. The molecule has 0 bridgehead atoms. The molecule has 3 nitrogen and oxygen atoms in total. The molecule has 0 radical (unpaired) electrons. The second-order valence-electron chi connectivity index (χ2n) is 5.30. The van der Waals surface area contributed by atoms with Gasteiger partial charge in [0.25, 0.3) is 0 Å². The molecule has 0 saturated heterocycles. The lowest BCUT2D eigenvalue weighted by molar-refractivity contribution is 0.584. The van der Waals surface area contributed by atoms with Crippen LogP contribution in [0.3, 0.4) is 0 Å². The Morgan fingerprint density at radius 2 is 0.917 bits per heavy atom. The van der Waals surface area contributed by atoms with Gasteiger partial charge in [-0.15, -0.1) is 10.2 Å². The highest BCUT2D eigenvalue weighted by Crippen LogP contribution is 2.22. The van der Waals surface area contributed by atoms with Crippen LogP contribution in [0.2, 0.25) is 0 Å². The fraction of sp³-hybridized carbons (Fsp3) is 0.0476. The average Bonchev–Trinajstić information content (AvgIpc) is 3.15. The molecule has 24 heavy (non-hydrogen) atoms. The maximum Gasteiger partial charge on any atom is 0.248 e. The van der Waals surface area contributed by atoms with Gasteiger partial charge in [-0.05, 0) is 31.2 Å². The fourth-order valence-electron chi connectivity index (χ4n) is 2.15. The molecule has 0 aliphatic carbocycles. The summed E-state index contributed by atoms with van der Waals surface area (Å²) in [4.78, 5) is 0. The van der Waals surface area contributed by atoms with Gasteiger partial charge in [-0.2, -0.15) is 0 Å². The van der Waals surface area contributed by atoms with Crippen LogP contribution in [0.1, 0.15) is 5.56 Å². The van der Waals surface area contributed by atoms with Crippen LogP contribution in [0.25, 0.3) is 22.9 Å². The fourth-order valence-corrected chi connectivity index (χ4v) is 2.15. The Morgan fingerprint density at radius 3 is 1.25 bits per heavy atom. The number of hydrogen-bond acceptors (Lipinski definition) is 3. The maximum absolute atomic E-state index is 5.63. The van der Waals surface area contributed by atoms with Crippen molar-refractivity contribution in [1.82, 2.24) is 10.2 Å². The van der Waals surface area contributed by atoms with Crippen molar-refractivity contribution >= 4 is 0 Å². The number of rotatable bonds is 2. The van der Waals surface area contributed by atoms with Crippen molar-refractivity contribution < 1.29 is 4.42 Å². The number of aromatic nitrogens is 2. The van der Waals surface area contributed by atoms with Crippen LogP contribution < -0.4 is 0 Å². The molecule has 1 heterocycles. The lowest BCUT2D eigenvalue weighted by Gasteiger charge is -1.93. The lowest BCUT2D eigenvalue weighted by atomic mass is 10.2. The summed E-state index contributed by atoms with van der Waals surface area (Å²) in [5.41, 5.74) is 3.19. The Balaban J connectivity index is 0.000000203. The van der Waals surface area contributed by atoms with Gasteiger partial charge in [0.05, 0.1) is 0 Å². The van der Waals surface area contributed by atoms with Crippen molar-refractivity contribution in [3.63, 3.8) is 0 Å². The smallest absolute Gasteiger partial charge is 0.248 e. The third-order valence-corrected chi connectivity index (χ3v) is 3.41. The molecule has 0 aliphatic rings. The summed E-state index contributed by atoms with van der Waals surface area (Å²) in [5, 5.41) is 8.09. The summed E-state index contributed by atoms with van der Waals surface area (Å²) in [6, 6.07) is 29.7. The average molecular weight is 314 g/mol. The molecule has 0 atom stereocenters. The second kappa shape index (κ2) is 7.88. The normalized spacial score (nSPS) is 9.88. The van der Waals surface area contributed by atoms with Crippen molar-refractivity contribution in [3.05, 3.63) is 96.6 Å². The van der Waals surface area contributed by atoms with Crippen molar-refractivity contribution in [2.45, 2.75) is 6.92 Å². The van der Waals surface area contributed by atoms with Gasteiger partial charge in [0, 0.05) is 11.1 Å². The molecule has 0 spiro atoms. The zero-order valence-corrected chi connectivity index (χ0v) is 13.5. The van der Waals surface area contributed by atoms with E-state index >= 15 is 0 Å². The van der Waals surface area contributed by atoms with Gasteiger partial charge in [0.2, 0.25) is 11.8 Å². The molecule has 4 aromatic rings. The van der Waals surface area contributed by atoms with E-state index in [0.29, 0.717) is 11.8 Å². The third kappa shape index (κ3) is 4.17. The maximum atomic E-state index is 5.63. The van der Waals surface area contributed by atoms with E-state index in [9.17, 15) is 0 Å². The van der Waals surface area contributed by atoms with Crippen LogP contribution in [0.5, 0.6) is 0 Å². The molecule has 0 amide bonds. The highest BCUT2D eigenvalue weighted by Gasteiger charge is 2.08. The quantitative estimate of drug-likeness (QED) is 0.497. The molecule has 3 heteroatoms. The number of benzene rings is 3. The van der Waals surface area contributed by atoms with Crippen molar-refractivity contribution in [1.29, 1.82) is 0 Å². The van der Waals surface area contributed by atoms with Gasteiger partial charge in [-0.25, -0.2) is 0 Å². The van der Waals surface area contributed by atoms with Crippen LogP contribution >= 0.6 is 0 Å². The van der Waals surface area contributed by atoms with E-state index in [0.717, 1.165) is 11.1 Å². The van der Waals surface area contributed by atoms with E-state index in [-0.39, 0.29) is 0 Å². The molecule has 0 aliphatic heterocycles. The third-order valence-electron chi connectivity index (χ3n) is 3.41. The van der Waals surface area contributed by atoms with Gasteiger partial charge in [0.1, 0.15) is 0 Å². The molecular formula is C21H18N2O. The zero-order valence-electron chi connectivity index (χ0n) is 13.5. The largest absolute Gasteiger partial charge is 0.416 e. The van der Waals surface area contributed by atoms with Crippen molar-refractivity contribution in [2.75, 3.05) is 0 Å². The van der Waals surface area contributed by atoms with Gasteiger partial charge in [0.15, 0.2) is 0 Å². The molecule has 0 N–H and O–H groups in total. The first kappa shape index (κ1) is 15.7. The summed E-state index contributed by atoms with van der Waals surface area (Å²) < 4.78 is 5.63. The van der Waals surface area contributed by atoms with E-state index in [1.54, 1.807) is 0 Å². The standard InChI is InChI=1S/C14H10N2O.C7H8/c1-3-7-11(8-4-1)13-15-16-14(17-13)12-9-5-2-6-10-12;1-7-5-3-2-4-6-7/h1-10H;2-6H,1H3. The summed E-state index contributed by atoms with van der Waals surface area (Å²) in [6.45, 7) is 2.08. The van der Waals surface area contributed by atoms with Crippen molar-refractivity contribution in [2.24, 2.45) is 0 Å². The Kier molecular flexibility index (Phi) is 5.15. The first-order valence-corrected chi connectivity index (χ1v) is 7.79. The highest BCUT2D eigenvalue weighted by atomic mass is 16.4. The van der Waals surface area contributed by atoms with E-state index in [1.807, 2.05) is 78.9 Å². The molecule has 1 aromatic heterocycles. The molecule has 3 aromatic carbocycles. The Morgan fingerprint density at radius 1 is 0.542 bits per heavy atom. The van der Waals surface area contributed by atoms with E-state index in [4.69, 9.17) is 4.42 Å². The Labute approximate surface area is 141 Å². The minimum atomic E-state index is 0.546. The summed E-state index contributed by atoms with van der Waals surface area (Å²) in [6.07, 6.45) is 0. The zero-order chi connectivity index (χ0) is 16.6. The lowest BCUT2D eigenvalue weighted by Crippen LogP contribution is -1.76. The topological polar surface area (TPSA) is 38.9 Å². The minimum absolute atomic E-state index is 0.546. The number of nitrogens with zero attached hydrogens (tertiary/aromatic N) is 2. The molecule has 118 valence electrons. The van der Waals surface area contributed by atoms with E-state index in [1.165, 1.54) is 5.56 Å². The van der Waals surface area contributed by atoms with Crippen LogP contribution in [-0.2, 0) is 0 Å². The van der Waals surface area contributed by atoms with Gasteiger partial charge in [-0.3, -0.25) is 0 Å². The number of hydrogen-bond donors (Lipinski definition) is 0. The van der Waals surface area contributed by atoms with E-state index < -0.39 is 0 Å². The monoisotopic (exact) mass is 314 g/mol. The SMILES string of the molecule is Cc1ccccc1.c1ccc(-c2nnc(-c3ccccc3)o2)cc1. The molecular weight excluding hydrogens is 296 g/mol. The molecule has 0 fully saturated rings. The second-order valence-corrected chi connectivity index (χ2v) is 5.30.